The van der Waals surface area contributed by atoms with Crippen LogP contribution < -0.4 is 0 Å². The minimum absolute atomic E-state index is 0.376. The lowest BCUT2D eigenvalue weighted by Gasteiger charge is -1.95. The molecule has 5 heteroatoms. The number of rotatable bonds is 1. The third kappa shape index (κ3) is 1.53. The van der Waals surface area contributed by atoms with Gasteiger partial charge in [-0.25, -0.2) is 4.39 Å². The third-order valence-corrected chi connectivity index (χ3v) is 1.86. The van der Waals surface area contributed by atoms with Crippen LogP contribution in [0.4, 0.5) is 4.39 Å². The van der Waals surface area contributed by atoms with Crippen LogP contribution in [0.1, 0.15) is 0 Å². The average Bonchev–Trinajstić information content (AvgIpc) is 2.53. The topological polar surface area (TPSA) is 41.6 Å². The largest absolute Gasteiger partial charge is 0.275 e. The second kappa shape index (κ2) is 3.14. The van der Waals surface area contributed by atoms with Crippen molar-refractivity contribution in [1.82, 2.24) is 15.2 Å². The van der Waals surface area contributed by atoms with Crippen molar-refractivity contribution in [2.24, 2.45) is 0 Å². The molecule has 0 atom stereocenters. The summed E-state index contributed by atoms with van der Waals surface area (Å²) in [6.07, 6.45) is 2.61. The van der Waals surface area contributed by atoms with Crippen molar-refractivity contribution in [1.29, 1.82) is 0 Å². The predicted octanol–water partition coefficient (Wildman–Crippen LogP) is 2.26. The van der Waals surface area contributed by atoms with Gasteiger partial charge in [-0.15, -0.1) is 0 Å². The summed E-state index contributed by atoms with van der Waals surface area (Å²) < 4.78 is 12.5. The third-order valence-electron chi connectivity index (χ3n) is 1.58. The number of nitrogens with zero attached hydrogens (tertiary/aromatic N) is 2. The van der Waals surface area contributed by atoms with E-state index < -0.39 is 0 Å². The number of aromatic amines is 1. The average molecular weight is 198 g/mol. The van der Waals surface area contributed by atoms with Crippen LogP contribution >= 0.6 is 11.6 Å². The molecule has 0 unspecified atom stereocenters. The summed E-state index contributed by atoms with van der Waals surface area (Å²) in [5, 5.41) is 6.88. The monoisotopic (exact) mass is 197 g/mol. The van der Waals surface area contributed by atoms with E-state index in [-0.39, 0.29) is 5.82 Å². The highest BCUT2D eigenvalue weighted by molar-refractivity contribution is 6.32. The molecule has 2 aromatic heterocycles. The van der Waals surface area contributed by atoms with Crippen LogP contribution in [0.25, 0.3) is 11.4 Å². The van der Waals surface area contributed by atoms with E-state index in [9.17, 15) is 4.39 Å². The second-order valence-electron chi connectivity index (χ2n) is 2.45. The summed E-state index contributed by atoms with van der Waals surface area (Å²) in [5.74, 6) is -0.376. The molecule has 0 aliphatic carbocycles. The van der Waals surface area contributed by atoms with E-state index in [0.717, 1.165) is 6.20 Å². The first-order valence-corrected chi connectivity index (χ1v) is 3.96. The maximum atomic E-state index is 12.5. The summed E-state index contributed by atoms with van der Waals surface area (Å²) in [6, 6.07) is 2.86. The minimum Gasteiger partial charge on any atom is -0.275 e. The van der Waals surface area contributed by atoms with E-state index in [4.69, 9.17) is 11.6 Å². The molecule has 0 aliphatic rings. The maximum Gasteiger partial charge on any atom is 0.141 e. The van der Waals surface area contributed by atoms with Gasteiger partial charge in [-0.3, -0.25) is 10.1 Å². The first-order chi connectivity index (χ1) is 6.27. The molecule has 0 saturated heterocycles. The molecule has 0 fully saturated rings. The van der Waals surface area contributed by atoms with E-state index in [1.807, 2.05) is 0 Å². The van der Waals surface area contributed by atoms with E-state index in [2.05, 4.69) is 15.2 Å². The van der Waals surface area contributed by atoms with Crippen molar-refractivity contribution in [3.05, 3.63) is 35.4 Å². The van der Waals surface area contributed by atoms with Gasteiger partial charge in [-0.2, -0.15) is 5.10 Å². The Hall–Kier alpha value is -1.42. The molecule has 2 heterocycles. The highest BCUT2D eigenvalue weighted by atomic mass is 35.5. The molecule has 0 bridgehead atoms. The number of pyridine rings is 1. The van der Waals surface area contributed by atoms with Crippen LogP contribution in [-0.4, -0.2) is 15.2 Å². The van der Waals surface area contributed by atoms with E-state index >= 15 is 0 Å². The lowest BCUT2D eigenvalue weighted by Crippen LogP contribution is -1.85. The van der Waals surface area contributed by atoms with Crippen LogP contribution in [0.2, 0.25) is 5.02 Å². The number of hydrogen-bond acceptors (Lipinski definition) is 2. The molecule has 0 spiro atoms. The van der Waals surface area contributed by atoms with Gasteiger partial charge < -0.3 is 0 Å². The summed E-state index contributed by atoms with van der Waals surface area (Å²) >= 11 is 5.79. The first-order valence-electron chi connectivity index (χ1n) is 3.58. The molecule has 0 radical (unpaired) electrons. The summed E-state index contributed by atoms with van der Waals surface area (Å²) in [4.78, 5) is 3.85. The Morgan fingerprint density at radius 1 is 1.31 bits per heavy atom. The van der Waals surface area contributed by atoms with Gasteiger partial charge in [0.1, 0.15) is 11.5 Å². The van der Waals surface area contributed by atoms with Crippen LogP contribution in [0.15, 0.2) is 24.5 Å². The summed E-state index contributed by atoms with van der Waals surface area (Å²) in [6.45, 7) is 0. The van der Waals surface area contributed by atoms with Gasteiger partial charge in [0.2, 0.25) is 0 Å². The number of H-pyrrole nitrogens is 1. The van der Waals surface area contributed by atoms with Gasteiger partial charge in [-0.1, -0.05) is 11.6 Å². The molecule has 0 amide bonds. The minimum atomic E-state index is -0.376. The van der Waals surface area contributed by atoms with Gasteiger partial charge in [0.05, 0.1) is 23.1 Å². The molecule has 13 heavy (non-hydrogen) atoms. The lowest BCUT2D eigenvalue weighted by atomic mass is 10.3. The lowest BCUT2D eigenvalue weighted by molar-refractivity contribution is 0.622. The molecular formula is C8H5ClFN3. The van der Waals surface area contributed by atoms with Crippen molar-refractivity contribution in [3.63, 3.8) is 0 Å². The Balaban J connectivity index is 2.47. The molecule has 2 rings (SSSR count). The van der Waals surface area contributed by atoms with Gasteiger partial charge in [-0.05, 0) is 12.1 Å². The van der Waals surface area contributed by atoms with Crippen LogP contribution in [0, 0.1) is 5.82 Å². The molecule has 3 nitrogen and oxygen atoms in total. The van der Waals surface area contributed by atoms with E-state index in [1.54, 1.807) is 0 Å². The smallest absolute Gasteiger partial charge is 0.141 e. The SMILES string of the molecule is Fc1ccc(-c2[nH]ncc2Cl)nc1. The second-order valence-corrected chi connectivity index (χ2v) is 2.86. The maximum absolute atomic E-state index is 12.5. The molecule has 2 aromatic rings. The predicted molar refractivity (Wildman–Crippen MR) is 46.8 cm³/mol. The molecule has 66 valence electrons. The molecule has 0 aromatic carbocycles. The number of nitrogens with one attached hydrogen (secondary N) is 1. The zero-order valence-electron chi connectivity index (χ0n) is 6.46. The van der Waals surface area contributed by atoms with Crippen LogP contribution in [-0.2, 0) is 0 Å². The normalized spacial score (nSPS) is 10.3. The molecular weight excluding hydrogens is 193 g/mol. The Labute approximate surface area is 78.6 Å². The van der Waals surface area contributed by atoms with Crippen molar-refractivity contribution in [2.75, 3.05) is 0 Å². The standard InChI is InChI=1S/C8H5ClFN3/c9-6-4-12-13-8(6)7-2-1-5(10)3-11-7/h1-4H,(H,12,13). The first kappa shape index (κ1) is 8.19. The summed E-state index contributed by atoms with van der Waals surface area (Å²) in [5.41, 5.74) is 1.17. The molecule has 1 N–H and O–H groups in total. The molecule has 0 aliphatic heterocycles. The Bertz CT molecular complexity index is 410. The van der Waals surface area contributed by atoms with Gasteiger partial charge in [0.15, 0.2) is 0 Å². The Morgan fingerprint density at radius 3 is 2.69 bits per heavy atom. The van der Waals surface area contributed by atoms with Gasteiger partial charge >= 0.3 is 0 Å². The fourth-order valence-corrected chi connectivity index (χ4v) is 1.16. The highest BCUT2D eigenvalue weighted by Crippen LogP contribution is 2.22. The van der Waals surface area contributed by atoms with E-state index in [1.165, 1.54) is 18.3 Å². The van der Waals surface area contributed by atoms with Crippen molar-refractivity contribution in [3.8, 4) is 11.4 Å². The van der Waals surface area contributed by atoms with Gasteiger partial charge in [0.25, 0.3) is 0 Å². The highest BCUT2D eigenvalue weighted by Gasteiger charge is 2.05. The number of hydrogen-bond donors (Lipinski definition) is 1. The van der Waals surface area contributed by atoms with E-state index in [0.29, 0.717) is 16.4 Å². The Morgan fingerprint density at radius 2 is 2.15 bits per heavy atom. The Kier molecular flexibility index (Phi) is 1.98. The zero-order chi connectivity index (χ0) is 9.26. The molecule has 0 saturated carbocycles. The van der Waals surface area contributed by atoms with Crippen molar-refractivity contribution < 1.29 is 4.39 Å². The summed E-state index contributed by atoms with van der Waals surface area (Å²) in [7, 11) is 0. The number of halogens is 2. The number of aromatic nitrogens is 3. The fraction of sp³-hybridized carbons (Fsp3) is 0. The van der Waals surface area contributed by atoms with Crippen LogP contribution in [0.3, 0.4) is 0 Å². The van der Waals surface area contributed by atoms with Crippen LogP contribution in [0.5, 0.6) is 0 Å². The fourth-order valence-electron chi connectivity index (χ4n) is 0.975. The van der Waals surface area contributed by atoms with Crippen molar-refractivity contribution >= 4 is 11.6 Å². The van der Waals surface area contributed by atoms with Crippen molar-refractivity contribution in [2.45, 2.75) is 0 Å². The zero-order valence-corrected chi connectivity index (χ0v) is 7.22. The van der Waals surface area contributed by atoms with Gasteiger partial charge in [0, 0.05) is 0 Å². The quantitative estimate of drug-likeness (QED) is 0.762.